The van der Waals surface area contributed by atoms with Crippen molar-refractivity contribution in [1.29, 1.82) is 0 Å². The van der Waals surface area contributed by atoms with Crippen LogP contribution in [0.4, 0.5) is 0 Å². The largest absolute Gasteiger partial charge is 0.382 e. The minimum Gasteiger partial charge on any atom is -0.382 e. The molecular weight excluding hydrogens is 182 g/mol. The molecule has 2 nitrogen and oxygen atoms in total. The van der Waals surface area contributed by atoms with Gasteiger partial charge in [0.15, 0.2) is 0 Å². The minimum atomic E-state index is 0.0382. The van der Waals surface area contributed by atoms with Gasteiger partial charge < -0.3 is 10.1 Å². The Morgan fingerprint density at radius 3 is 3.31 bits per heavy atom. The summed E-state index contributed by atoms with van der Waals surface area (Å²) in [5.41, 5.74) is 1.53. The first-order valence-electron chi connectivity index (χ1n) is 4.57. The molecule has 0 saturated heterocycles. The Balaban J connectivity index is 2.33. The van der Waals surface area contributed by atoms with Crippen molar-refractivity contribution >= 4 is 11.3 Å². The third kappa shape index (κ3) is 1.52. The van der Waals surface area contributed by atoms with E-state index >= 15 is 0 Å². The number of hydrogen-bond donors (Lipinski definition) is 1. The fourth-order valence-corrected chi connectivity index (χ4v) is 3.06. The SMILES string of the molecule is COCC1(C)NCCc2ccsc21. The first-order chi connectivity index (χ1) is 6.26. The number of hydrogen-bond acceptors (Lipinski definition) is 3. The quantitative estimate of drug-likeness (QED) is 0.780. The minimum absolute atomic E-state index is 0.0382. The van der Waals surface area contributed by atoms with Gasteiger partial charge in [-0.05, 0) is 30.4 Å². The van der Waals surface area contributed by atoms with Gasteiger partial charge in [-0.2, -0.15) is 0 Å². The van der Waals surface area contributed by atoms with Crippen LogP contribution < -0.4 is 5.32 Å². The Morgan fingerprint density at radius 1 is 1.69 bits per heavy atom. The molecule has 0 amide bonds. The molecule has 1 aromatic rings. The predicted octanol–water partition coefficient (Wildman–Crippen LogP) is 1.76. The third-order valence-electron chi connectivity index (χ3n) is 2.59. The molecule has 13 heavy (non-hydrogen) atoms. The summed E-state index contributed by atoms with van der Waals surface area (Å²) in [6.45, 7) is 4.02. The highest BCUT2D eigenvalue weighted by atomic mass is 32.1. The van der Waals surface area contributed by atoms with Gasteiger partial charge in [-0.15, -0.1) is 11.3 Å². The van der Waals surface area contributed by atoms with Crippen LogP contribution in [0.1, 0.15) is 17.4 Å². The Kier molecular flexibility index (Phi) is 2.41. The molecule has 3 heteroatoms. The number of methoxy groups -OCH3 is 1. The normalized spacial score (nSPS) is 27.2. The lowest BCUT2D eigenvalue weighted by atomic mass is 9.92. The van der Waals surface area contributed by atoms with Gasteiger partial charge in [0.25, 0.3) is 0 Å². The molecule has 1 atom stereocenters. The molecule has 0 aromatic carbocycles. The molecule has 1 unspecified atom stereocenters. The molecule has 1 aliphatic rings. The fourth-order valence-electron chi connectivity index (χ4n) is 1.98. The van der Waals surface area contributed by atoms with Crippen molar-refractivity contribution in [1.82, 2.24) is 5.32 Å². The van der Waals surface area contributed by atoms with Crippen LogP contribution in [0.15, 0.2) is 11.4 Å². The molecule has 72 valence electrons. The summed E-state index contributed by atoms with van der Waals surface area (Å²) in [4.78, 5) is 1.45. The van der Waals surface area contributed by atoms with Gasteiger partial charge >= 0.3 is 0 Å². The van der Waals surface area contributed by atoms with Crippen LogP contribution in [0.25, 0.3) is 0 Å². The number of ether oxygens (including phenoxy) is 1. The molecule has 1 aliphatic heterocycles. The van der Waals surface area contributed by atoms with Crippen molar-refractivity contribution in [3.63, 3.8) is 0 Å². The maximum Gasteiger partial charge on any atom is 0.0739 e. The average molecular weight is 197 g/mol. The standard InChI is InChI=1S/C10H15NOS/c1-10(7-12-2)9-8(3-5-11-10)4-6-13-9/h4,6,11H,3,5,7H2,1-2H3. The van der Waals surface area contributed by atoms with Crippen LogP contribution in [0.3, 0.4) is 0 Å². The monoisotopic (exact) mass is 197 g/mol. The summed E-state index contributed by atoms with van der Waals surface area (Å²) in [7, 11) is 1.76. The number of nitrogens with one attached hydrogen (secondary N) is 1. The summed E-state index contributed by atoms with van der Waals surface area (Å²) in [5.74, 6) is 0. The van der Waals surface area contributed by atoms with E-state index in [0.29, 0.717) is 0 Å². The zero-order chi connectivity index (χ0) is 9.31. The highest BCUT2D eigenvalue weighted by Gasteiger charge is 2.32. The lowest BCUT2D eigenvalue weighted by molar-refractivity contribution is 0.116. The van der Waals surface area contributed by atoms with Crippen LogP contribution in [-0.4, -0.2) is 20.3 Å². The van der Waals surface area contributed by atoms with Gasteiger partial charge in [0.05, 0.1) is 12.1 Å². The van der Waals surface area contributed by atoms with Crippen molar-refractivity contribution in [2.24, 2.45) is 0 Å². The third-order valence-corrected chi connectivity index (χ3v) is 3.81. The molecule has 2 heterocycles. The van der Waals surface area contributed by atoms with Gasteiger partial charge in [0.2, 0.25) is 0 Å². The molecule has 0 aliphatic carbocycles. The smallest absolute Gasteiger partial charge is 0.0739 e. The first kappa shape index (κ1) is 9.19. The molecule has 1 N–H and O–H groups in total. The second-order valence-corrected chi connectivity index (χ2v) is 4.63. The second kappa shape index (κ2) is 3.40. The molecule has 1 aromatic heterocycles. The molecule has 0 radical (unpaired) electrons. The van der Waals surface area contributed by atoms with E-state index in [0.717, 1.165) is 19.6 Å². The van der Waals surface area contributed by atoms with Crippen molar-refractivity contribution < 1.29 is 4.74 Å². The highest BCUT2D eigenvalue weighted by molar-refractivity contribution is 7.10. The zero-order valence-electron chi connectivity index (χ0n) is 8.09. The van der Waals surface area contributed by atoms with Crippen LogP contribution in [-0.2, 0) is 16.7 Å². The molecule has 0 bridgehead atoms. The zero-order valence-corrected chi connectivity index (χ0v) is 8.91. The average Bonchev–Trinajstić information content (AvgIpc) is 2.54. The van der Waals surface area contributed by atoms with Crippen molar-refractivity contribution in [2.75, 3.05) is 20.3 Å². The van der Waals surface area contributed by atoms with Gasteiger partial charge in [-0.3, -0.25) is 0 Å². The Bertz CT molecular complexity index is 297. The lowest BCUT2D eigenvalue weighted by Crippen LogP contribution is -2.47. The number of fused-ring (bicyclic) bond motifs is 1. The Hall–Kier alpha value is -0.380. The summed E-state index contributed by atoms with van der Waals surface area (Å²) >= 11 is 1.83. The van der Waals surface area contributed by atoms with E-state index in [4.69, 9.17) is 4.74 Å². The Labute approximate surface area is 82.9 Å². The van der Waals surface area contributed by atoms with E-state index in [9.17, 15) is 0 Å². The van der Waals surface area contributed by atoms with Crippen molar-refractivity contribution in [3.8, 4) is 0 Å². The molecule has 2 rings (SSSR count). The maximum atomic E-state index is 5.25. The van der Waals surface area contributed by atoms with E-state index < -0.39 is 0 Å². The molecule has 0 fully saturated rings. The van der Waals surface area contributed by atoms with Crippen LogP contribution in [0.2, 0.25) is 0 Å². The fraction of sp³-hybridized carbons (Fsp3) is 0.600. The van der Waals surface area contributed by atoms with Crippen LogP contribution in [0.5, 0.6) is 0 Å². The summed E-state index contributed by atoms with van der Waals surface area (Å²) in [6.07, 6.45) is 1.15. The van der Waals surface area contributed by atoms with Crippen molar-refractivity contribution in [2.45, 2.75) is 18.9 Å². The summed E-state index contributed by atoms with van der Waals surface area (Å²) < 4.78 is 5.25. The topological polar surface area (TPSA) is 21.3 Å². The van der Waals surface area contributed by atoms with E-state index in [2.05, 4.69) is 23.7 Å². The lowest BCUT2D eigenvalue weighted by Gasteiger charge is -2.34. The molecule has 0 spiro atoms. The highest BCUT2D eigenvalue weighted by Crippen LogP contribution is 2.32. The van der Waals surface area contributed by atoms with Gasteiger partial charge in [0, 0.05) is 18.5 Å². The predicted molar refractivity (Wildman–Crippen MR) is 55.3 cm³/mol. The van der Waals surface area contributed by atoms with Crippen LogP contribution >= 0.6 is 11.3 Å². The van der Waals surface area contributed by atoms with Crippen LogP contribution in [0, 0.1) is 0 Å². The number of rotatable bonds is 2. The van der Waals surface area contributed by atoms with Gasteiger partial charge in [0.1, 0.15) is 0 Å². The molecular formula is C10H15NOS. The number of thiophene rings is 1. The van der Waals surface area contributed by atoms with Crippen molar-refractivity contribution in [3.05, 3.63) is 21.9 Å². The van der Waals surface area contributed by atoms with E-state index in [1.807, 2.05) is 11.3 Å². The second-order valence-electron chi connectivity index (χ2n) is 3.72. The molecule has 0 saturated carbocycles. The Morgan fingerprint density at radius 2 is 2.54 bits per heavy atom. The first-order valence-corrected chi connectivity index (χ1v) is 5.45. The summed E-state index contributed by atoms with van der Waals surface area (Å²) in [5, 5.41) is 5.70. The van der Waals surface area contributed by atoms with E-state index in [1.165, 1.54) is 10.4 Å². The maximum absolute atomic E-state index is 5.25. The summed E-state index contributed by atoms with van der Waals surface area (Å²) in [6, 6.07) is 2.23. The van der Waals surface area contributed by atoms with E-state index in [-0.39, 0.29) is 5.54 Å². The van der Waals surface area contributed by atoms with Gasteiger partial charge in [-0.1, -0.05) is 0 Å². The van der Waals surface area contributed by atoms with E-state index in [1.54, 1.807) is 7.11 Å². The van der Waals surface area contributed by atoms with Gasteiger partial charge in [-0.25, -0.2) is 0 Å².